The van der Waals surface area contributed by atoms with Crippen LogP contribution in [0.2, 0.25) is 0 Å². The molecule has 0 aromatic heterocycles. The van der Waals surface area contributed by atoms with Crippen LogP contribution in [0.5, 0.6) is 0 Å². The number of nitrogens with one attached hydrogen (secondary N) is 2. The molecule has 122 valence electrons. The summed E-state index contributed by atoms with van der Waals surface area (Å²) in [7, 11) is 0. The van der Waals surface area contributed by atoms with Gasteiger partial charge in [-0.3, -0.25) is 9.69 Å². The molecule has 2 unspecified atom stereocenters. The van der Waals surface area contributed by atoms with Crippen molar-refractivity contribution >= 4 is 5.91 Å². The minimum atomic E-state index is 0.0201. The largest absolute Gasteiger partial charge is 0.352 e. The van der Waals surface area contributed by atoms with Crippen molar-refractivity contribution < 1.29 is 4.79 Å². The lowest BCUT2D eigenvalue weighted by atomic mass is 9.96. The smallest absolute Gasteiger partial charge is 0.237 e. The molecule has 2 aliphatic rings. The summed E-state index contributed by atoms with van der Waals surface area (Å²) in [5.41, 5.74) is 0. The number of rotatable bonds is 8. The highest BCUT2D eigenvalue weighted by Gasteiger charge is 2.36. The summed E-state index contributed by atoms with van der Waals surface area (Å²) < 4.78 is 0. The van der Waals surface area contributed by atoms with Crippen LogP contribution < -0.4 is 10.6 Å². The van der Waals surface area contributed by atoms with Gasteiger partial charge in [0.05, 0.1) is 6.04 Å². The number of hydrogen-bond donors (Lipinski definition) is 2. The Balaban J connectivity index is 1.85. The van der Waals surface area contributed by atoms with Gasteiger partial charge >= 0.3 is 0 Å². The van der Waals surface area contributed by atoms with Gasteiger partial charge in [0.25, 0.3) is 0 Å². The van der Waals surface area contributed by atoms with E-state index in [0.29, 0.717) is 12.1 Å². The van der Waals surface area contributed by atoms with Gasteiger partial charge in [0.1, 0.15) is 0 Å². The van der Waals surface area contributed by atoms with Crippen molar-refractivity contribution in [1.82, 2.24) is 15.5 Å². The number of carbonyl (C=O) groups is 1. The second-order valence-electron chi connectivity index (χ2n) is 7.00. The van der Waals surface area contributed by atoms with Crippen LogP contribution in [0.15, 0.2) is 0 Å². The first kappa shape index (κ1) is 16.8. The molecule has 21 heavy (non-hydrogen) atoms. The Morgan fingerprint density at radius 3 is 2.48 bits per heavy atom. The molecule has 0 bridgehead atoms. The molecule has 1 amide bonds. The fourth-order valence-electron chi connectivity index (χ4n) is 3.41. The summed E-state index contributed by atoms with van der Waals surface area (Å²) in [4.78, 5) is 15.0. The topological polar surface area (TPSA) is 44.4 Å². The van der Waals surface area contributed by atoms with E-state index in [1.807, 2.05) is 0 Å². The van der Waals surface area contributed by atoms with Gasteiger partial charge in [-0.2, -0.15) is 0 Å². The molecule has 4 nitrogen and oxygen atoms in total. The van der Waals surface area contributed by atoms with Gasteiger partial charge in [-0.15, -0.1) is 0 Å². The minimum Gasteiger partial charge on any atom is -0.352 e. The molecule has 4 heteroatoms. The van der Waals surface area contributed by atoms with Crippen LogP contribution in [0.4, 0.5) is 0 Å². The summed E-state index contributed by atoms with van der Waals surface area (Å²) in [6.07, 6.45) is 7.24. The van der Waals surface area contributed by atoms with E-state index in [2.05, 4.69) is 36.3 Å². The van der Waals surface area contributed by atoms with Crippen molar-refractivity contribution in [2.75, 3.05) is 19.6 Å². The molecule has 1 saturated heterocycles. The van der Waals surface area contributed by atoms with E-state index in [4.69, 9.17) is 0 Å². The van der Waals surface area contributed by atoms with Crippen LogP contribution in [-0.2, 0) is 4.79 Å². The molecule has 0 spiro atoms. The highest BCUT2D eigenvalue weighted by atomic mass is 16.2. The molecule has 1 aliphatic carbocycles. The summed E-state index contributed by atoms with van der Waals surface area (Å²) in [6.45, 7) is 9.74. The van der Waals surface area contributed by atoms with Gasteiger partial charge in [-0.05, 0) is 65.0 Å². The number of hydrogen-bond acceptors (Lipinski definition) is 3. The maximum absolute atomic E-state index is 12.5. The first-order valence-corrected chi connectivity index (χ1v) is 8.88. The lowest BCUT2D eigenvalue weighted by Crippen LogP contribution is -2.50. The predicted octanol–water partition coefficient (Wildman–Crippen LogP) is 2.14. The summed E-state index contributed by atoms with van der Waals surface area (Å²) >= 11 is 0. The number of nitrogens with zero attached hydrogens (tertiary/aromatic N) is 1. The van der Waals surface area contributed by atoms with E-state index in [9.17, 15) is 4.79 Å². The van der Waals surface area contributed by atoms with Crippen LogP contribution in [-0.4, -0.2) is 48.6 Å². The molecule has 2 atom stereocenters. The monoisotopic (exact) mass is 295 g/mol. The maximum atomic E-state index is 12.5. The van der Waals surface area contributed by atoms with Crippen LogP contribution in [0.25, 0.3) is 0 Å². The molecule has 0 aromatic carbocycles. The Morgan fingerprint density at radius 2 is 1.90 bits per heavy atom. The average molecular weight is 295 g/mol. The zero-order chi connectivity index (χ0) is 15.2. The number of piperidine rings is 1. The molecule has 1 saturated carbocycles. The molecular formula is C17H33N3O. The highest BCUT2D eigenvalue weighted by molar-refractivity contribution is 5.81. The maximum Gasteiger partial charge on any atom is 0.237 e. The number of amides is 1. The van der Waals surface area contributed by atoms with Gasteiger partial charge in [0.2, 0.25) is 5.91 Å². The lowest BCUT2D eigenvalue weighted by Gasteiger charge is -2.34. The second kappa shape index (κ2) is 8.14. The first-order valence-electron chi connectivity index (χ1n) is 8.88. The Labute approximate surface area is 130 Å². The van der Waals surface area contributed by atoms with E-state index in [0.717, 1.165) is 38.4 Å². The summed E-state index contributed by atoms with van der Waals surface area (Å²) in [5.74, 6) is 0.979. The normalized spacial score (nSPS) is 23.0. The Morgan fingerprint density at radius 1 is 1.24 bits per heavy atom. The van der Waals surface area contributed by atoms with Crippen molar-refractivity contribution in [3.8, 4) is 0 Å². The van der Waals surface area contributed by atoms with Crippen molar-refractivity contribution in [3.63, 3.8) is 0 Å². The lowest BCUT2D eigenvalue weighted by molar-refractivity contribution is -0.127. The van der Waals surface area contributed by atoms with Crippen LogP contribution >= 0.6 is 0 Å². The molecule has 2 fully saturated rings. The average Bonchev–Trinajstić information content (AvgIpc) is 3.30. The summed E-state index contributed by atoms with van der Waals surface area (Å²) in [5, 5.41) is 6.62. The van der Waals surface area contributed by atoms with E-state index < -0.39 is 0 Å². The van der Waals surface area contributed by atoms with Crippen molar-refractivity contribution in [2.45, 2.75) is 77.4 Å². The Hall–Kier alpha value is -0.610. The molecule has 2 N–H and O–H groups in total. The molecule has 2 rings (SSSR count). The van der Waals surface area contributed by atoms with Gasteiger partial charge in [-0.1, -0.05) is 13.3 Å². The van der Waals surface area contributed by atoms with E-state index in [-0.39, 0.29) is 11.9 Å². The first-order chi connectivity index (χ1) is 10.1. The van der Waals surface area contributed by atoms with Crippen LogP contribution in [0.1, 0.15) is 59.3 Å². The third-order valence-electron chi connectivity index (χ3n) is 4.93. The van der Waals surface area contributed by atoms with E-state index >= 15 is 0 Å². The zero-order valence-corrected chi connectivity index (χ0v) is 14.0. The Kier molecular flexibility index (Phi) is 6.49. The van der Waals surface area contributed by atoms with Gasteiger partial charge in [0.15, 0.2) is 0 Å². The highest BCUT2D eigenvalue weighted by Crippen LogP contribution is 2.30. The van der Waals surface area contributed by atoms with Gasteiger partial charge in [0, 0.05) is 18.6 Å². The second-order valence-corrected chi connectivity index (χ2v) is 7.00. The van der Waals surface area contributed by atoms with Crippen LogP contribution in [0, 0.1) is 5.92 Å². The summed E-state index contributed by atoms with van der Waals surface area (Å²) in [6, 6.07) is 0.971. The van der Waals surface area contributed by atoms with Crippen molar-refractivity contribution in [2.24, 2.45) is 5.92 Å². The van der Waals surface area contributed by atoms with Crippen molar-refractivity contribution in [3.05, 3.63) is 0 Å². The van der Waals surface area contributed by atoms with Crippen molar-refractivity contribution in [1.29, 1.82) is 0 Å². The molecule has 1 heterocycles. The third kappa shape index (κ3) is 5.26. The molecule has 0 aromatic rings. The van der Waals surface area contributed by atoms with Gasteiger partial charge in [-0.25, -0.2) is 0 Å². The number of carbonyl (C=O) groups excluding carboxylic acids is 1. The molecular weight excluding hydrogens is 262 g/mol. The fourth-order valence-corrected chi connectivity index (χ4v) is 3.41. The fraction of sp³-hybridized carbons (Fsp3) is 0.941. The SMILES string of the molecule is CCCC(C)NC(=O)C(C)N(CC1CCNCC1)C1CC1. The molecule has 1 aliphatic heterocycles. The standard InChI is InChI=1S/C17H33N3O/c1-4-5-13(2)19-17(21)14(3)20(16-6-7-16)12-15-8-10-18-11-9-15/h13-16,18H,4-12H2,1-3H3,(H,19,21). The zero-order valence-electron chi connectivity index (χ0n) is 14.0. The predicted molar refractivity (Wildman–Crippen MR) is 87.3 cm³/mol. The quantitative estimate of drug-likeness (QED) is 0.721. The van der Waals surface area contributed by atoms with Gasteiger partial charge < -0.3 is 10.6 Å². The van der Waals surface area contributed by atoms with E-state index in [1.165, 1.54) is 25.7 Å². The molecule has 0 radical (unpaired) electrons. The third-order valence-corrected chi connectivity index (χ3v) is 4.93. The van der Waals surface area contributed by atoms with Crippen LogP contribution in [0.3, 0.4) is 0 Å². The Bertz CT molecular complexity index is 324. The van der Waals surface area contributed by atoms with E-state index in [1.54, 1.807) is 0 Å². The minimum absolute atomic E-state index is 0.0201.